The number of esters is 1. The first-order valence-corrected chi connectivity index (χ1v) is 10.9. The number of nitrogen functional groups attached to an aromatic ring is 1. The minimum atomic E-state index is -0.440. The lowest BCUT2D eigenvalue weighted by molar-refractivity contribution is 0.0530. The van der Waals surface area contributed by atoms with Crippen LogP contribution < -0.4 is 10.5 Å². The maximum Gasteiger partial charge on any atom is 0.341 e. The van der Waals surface area contributed by atoms with E-state index in [2.05, 4.69) is 18.7 Å². The van der Waals surface area contributed by atoms with E-state index < -0.39 is 5.97 Å². The average molecular weight is 431 g/mol. The van der Waals surface area contributed by atoms with Gasteiger partial charge in [-0.3, -0.25) is 0 Å². The van der Waals surface area contributed by atoms with Crippen LogP contribution in [0.3, 0.4) is 0 Å². The van der Waals surface area contributed by atoms with E-state index in [1.54, 1.807) is 19.1 Å². The maximum atomic E-state index is 13.4. The highest BCUT2D eigenvalue weighted by atomic mass is 32.1. The molecule has 7 heteroatoms. The zero-order chi connectivity index (χ0) is 21.7. The van der Waals surface area contributed by atoms with E-state index in [4.69, 9.17) is 15.2 Å². The Bertz CT molecular complexity index is 1010. The number of nitrogens with zero attached hydrogens (tertiary/aromatic N) is 1. The lowest BCUT2D eigenvalue weighted by Gasteiger charge is -2.19. The molecule has 0 radical (unpaired) electrons. The molecule has 0 aliphatic carbocycles. The molecular weight excluding hydrogens is 403 g/mol. The number of anilines is 1. The average Bonchev–Trinajstić information content (AvgIpc) is 3.08. The van der Waals surface area contributed by atoms with Crippen molar-refractivity contribution >= 4 is 32.4 Å². The molecule has 0 saturated carbocycles. The molecule has 0 atom stereocenters. The number of ether oxygens (including phenoxy) is 2. The van der Waals surface area contributed by atoms with Gasteiger partial charge in [-0.25, -0.2) is 9.18 Å². The van der Waals surface area contributed by atoms with Gasteiger partial charge >= 0.3 is 5.97 Å². The molecule has 0 aliphatic rings. The highest BCUT2D eigenvalue weighted by Crippen LogP contribution is 2.44. The van der Waals surface area contributed by atoms with Crippen molar-refractivity contribution in [2.75, 3.05) is 38.6 Å². The Hall–Kier alpha value is -2.64. The third kappa shape index (κ3) is 4.57. The Morgan fingerprint density at radius 2 is 1.80 bits per heavy atom. The predicted octanol–water partition coefficient (Wildman–Crippen LogP) is 5.19. The molecule has 0 unspecified atom stereocenters. The first-order chi connectivity index (χ1) is 14.5. The second kappa shape index (κ2) is 9.91. The van der Waals surface area contributed by atoms with Crippen LogP contribution in [0.25, 0.3) is 21.2 Å². The van der Waals surface area contributed by atoms with Crippen molar-refractivity contribution in [1.29, 1.82) is 0 Å². The SMILES string of the molecule is CCOC(=O)c1c(N)sc2c(OCCN(CC)CC)c(-c3ccc(F)cc3)ccc12. The van der Waals surface area contributed by atoms with Crippen LogP contribution >= 0.6 is 11.3 Å². The number of fused-ring (bicyclic) bond motifs is 1. The number of likely N-dealkylation sites (N-methyl/N-ethyl adjacent to an activating group) is 1. The monoisotopic (exact) mass is 430 g/mol. The molecule has 30 heavy (non-hydrogen) atoms. The van der Waals surface area contributed by atoms with Crippen molar-refractivity contribution in [2.45, 2.75) is 20.8 Å². The van der Waals surface area contributed by atoms with Crippen LogP contribution in [-0.4, -0.2) is 43.7 Å². The van der Waals surface area contributed by atoms with Gasteiger partial charge in [-0.2, -0.15) is 0 Å². The summed E-state index contributed by atoms with van der Waals surface area (Å²) in [6.07, 6.45) is 0. The lowest BCUT2D eigenvalue weighted by atomic mass is 10.0. The molecule has 1 aromatic heterocycles. The van der Waals surface area contributed by atoms with E-state index >= 15 is 0 Å². The van der Waals surface area contributed by atoms with Crippen LogP contribution in [0.15, 0.2) is 36.4 Å². The van der Waals surface area contributed by atoms with Crippen molar-refractivity contribution in [1.82, 2.24) is 4.90 Å². The molecule has 2 N–H and O–H groups in total. The van der Waals surface area contributed by atoms with Gasteiger partial charge in [0.1, 0.15) is 28.7 Å². The number of nitrogens with two attached hydrogens (primary N) is 1. The number of carbonyl (C=O) groups excluding carboxylic acids is 1. The molecule has 3 aromatic rings. The molecule has 3 rings (SSSR count). The standard InChI is InChI=1S/C23H27FN2O3S/c1-4-26(5-2)13-14-29-20-17(15-7-9-16(24)10-8-15)11-12-18-19(23(27)28-6-3)22(25)30-21(18)20/h7-12H,4-6,13-14,25H2,1-3H3. The minimum absolute atomic E-state index is 0.274. The molecule has 2 aromatic carbocycles. The Balaban J connectivity index is 2.08. The van der Waals surface area contributed by atoms with E-state index in [9.17, 15) is 9.18 Å². The highest BCUT2D eigenvalue weighted by Gasteiger charge is 2.23. The number of hydrogen-bond donors (Lipinski definition) is 1. The van der Waals surface area contributed by atoms with E-state index in [0.717, 1.165) is 35.5 Å². The molecule has 0 spiro atoms. The number of rotatable bonds is 9. The Kier molecular flexibility index (Phi) is 7.29. The van der Waals surface area contributed by atoms with Crippen LogP contribution in [0.2, 0.25) is 0 Å². The summed E-state index contributed by atoms with van der Waals surface area (Å²) in [4.78, 5) is 14.7. The number of carbonyl (C=O) groups is 1. The third-order valence-electron chi connectivity index (χ3n) is 5.02. The van der Waals surface area contributed by atoms with E-state index in [1.165, 1.54) is 23.5 Å². The fourth-order valence-electron chi connectivity index (χ4n) is 3.39. The van der Waals surface area contributed by atoms with Crippen LogP contribution in [0, 0.1) is 5.82 Å². The summed E-state index contributed by atoms with van der Waals surface area (Å²) in [7, 11) is 0. The molecule has 0 amide bonds. The quantitative estimate of drug-likeness (QED) is 0.474. The maximum absolute atomic E-state index is 13.4. The van der Waals surface area contributed by atoms with Crippen LogP contribution in [-0.2, 0) is 4.74 Å². The van der Waals surface area contributed by atoms with Crippen LogP contribution in [0.4, 0.5) is 9.39 Å². The van der Waals surface area contributed by atoms with Gasteiger partial charge in [0.2, 0.25) is 0 Å². The molecule has 0 saturated heterocycles. The summed E-state index contributed by atoms with van der Waals surface area (Å²) in [6.45, 7) is 9.40. The van der Waals surface area contributed by atoms with E-state index in [1.807, 2.05) is 12.1 Å². The van der Waals surface area contributed by atoms with Crippen molar-refractivity contribution in [3.8, 4) is 16.9 Å². The topological polar surface area (TPSA) is 64.8 Å². The third-order valence-corrected chi connectivity index (χ3v) is 6.06. The smallest absolute Gasteiger partial charge is 0.341 e. The molecule has 0 fully saturated rings. The summed E-state index contributed by atoms with van der Waals surface area (Å²) in [5.74, 6) is -0.0859. The largest absolute Gasteiger partial charge is 0.490 e. The van der Waals surface area contributed by atoms with Crippen molar-refractivity contribution in [2.24, 2.45) is 0 Å². The van der Waals surface area contributed by atoms with Crippen molar-refractivity contribution in [3.63, 3.8) is 0 Å². The summed E-state index contributed by atoms with van der Waals surface area (Å²) in [5.41, 5.74) is 8.22. The van der Waals surface area contributed by atoms with E-state index in [0.29, 0.717) is 28.3 Å². The number of thiophene rings is 1. The lowest BCUT2D eigenvalue weighted by Crippen LogP contribution is -2.28. The van der Waals surface area contributed by atoms with Gasteiger partial charge in [0, 0.05) is 17.5 Å². The summed E-state index contributed by atoms with van der Waals surface area (Å²) in [6, 6.07) is 10.0. The summed E-state index contributed by atoms with van der Waals surface area (Å²) in [5, 5.41) is 1.10. The van der Waals surface area contributed by atoms with E-state index in [-0.39, 0.29) is 12.4 Å². The summed E-state index contributed by atoms with van der Waals surface area (Å²) >= 11 is 1.31. The van der Waals surface area contributed by atoms with Gasteiger partial charge < -0.3 is 20.1 Å². The fraction of sp³-hybridized carbons (Fsp3) is 0.348. The Labute approximate surface area is 180 Å². The highest BCUT2D eigenvalue weighted by molar-refractivity contribution is 7.23. The first-order valence-electron chi connectivity index (χ1n) is 10.1. The molecule has 0 bridgehead atoms. The predicted molar refractivity (Wildman–Crippen MR) is 121 cm³/mol. The van der Waals surface area contributed by atoms with Gasteiger partial charge in [0.25, 0.3) is 0 Å². The summed E-state index contributed by atoms with van der Waals surface area (Å²) < 4.78 is 25.7. The van der Waals surface area contributed by atoms with Crippen LogP contribution in [0.1, 0.15) is 31.1 Å². The Morgan fingerprint density at radius 1 is 1.10 bits per heavy atom. The zero-order valence-electron chi connectivity index (χ0n) is 17.5. The van der Waals surface area contributed by atoms with Gasteiger partial charge in [0.05, 0.1) is 11.3 Å². The van der Waals surface area contributed by atoms with Crippen molar-refractivity contribution in [3.05, 3.63) is 47.8 Å². The second-order valence-corrected chi connectivity index (χ2v) is 7.82. The zero-order valence-corrected chi connectivity index (χ0v) is 18.4. The number of benzene rings is 2. The first kappa shape index (κ1) is 22.1. The molecule has 1 heterocycles. The van der Waals surface area contributed by atoms with Crippen molar-refractivity contribution < 1.29 is 18.7 Å². The normalized spacial score (nSPS) is 11.2. The van der Waals surface area contributed by atoms with Gasteiger partial charge in [-0.1, -0.05) is 32.0 Å². The number of hydrogen-bond acceptors (Lipinski definition) is 6. The van der Waals surface area contributed by atoms with Crippen LogP contribution in [0.5, 0.6) is 5.75 Å². The minimum Gasteiger partial charge on any atom is -0.490 e. The fourth-order valence-corrected chi connectivity index (χ4v) is 4.44. The van der Waals surface area contributed by atoms with Gasteiger partial charge in [0.15, 0.2) is 0 Å². The number of halogens is 1. The Morgan fingerprint density at radius 3 is 2.43 bits per heavy atom. The molecule has 0 aliphatic heterocycles. The van der Waals surface area contributed by atoms with Gasteiger partial charge in [-0.15, -0.1) is 11.3 Å². The van der Waals surface area contributed by atoms with Gasteiger partial charge in [-0.05, 0) is 43.8 Å². The second-order valence-electron chi connectivity index (χ2n) is 6.76. The molecule has 160 valence electrons. The molecule has 5 nitrogen and oxygen atoms in total. The molecular formula is C23H27FN2O3S.